The number of para-hydroxylation sites is 1. The first kappa shape index (κ1) is 21.0. The molecule has 36 heavy (non-hydrogen) atoms. The van der Waals surface area contributed by atoms with Gasteiger partial charge in [0.05, 0.1) is 0 Å². The van der Waals surface area contributed by atoms with E-state index in [1.165, 1.54) is 54.9 Å². The fourth-order valence-corrected chi connectivity index (χ4v) is 5.69. The van der Waals surface area contributed by atoms with Crippen LogP contribution in [0.5, 0.6) is 11.5 Å². The first-order valence-corrected chi connectivity index (χ1v) is 12.5. The zero-order valence-corrected chi connectivity index (χ0v) is 20.5. The zero-order valence-electron chi connectivity index (χ0n) is 20.5. The molecule has 6 aromatic rings. The predicted molar refractivity (Wildman–Crippen MR) is 151 cm³/mol. The number of hydrogen-bond acceptors (Lipinski definition) is 1. The van der Waals surface area contributed by atoms with Crippen LogP contribution in [0.15, 0.2) is 121 Å². The standard InChI is InChI=1S/C35H26O/c1-35(2)31-9-5-6-10-33(31)36-34-22-27(18-20-32(34)35)24-13-11-23(12-14-24)26-17-19-30-28(21-26)16-15-25-7-3-4-8-29(25)30/h3-22H,1-2H3. The van der Waals surface area contributed by atoms with Crippen LogP contribution in [-0.4, -0.2) is 0 Å². The molecule has 0 radical (unpaired) electrons. The molecule has 172 valence electrons. The lowest BCUT2D eigenvalue weighted by molar-refractivity contribution is 0.418. The van der Waals surface area contributed by atoms with Crippen molar-refractivity contribution >= 4 is 21.5 Å². The van der Waals surface area contributed by atoms with Gasteiger partial charge in [-0.05, 0) is 62.0 Å². The minimum absolute atomic E-state index is 0.0893. The van der Waals surface area contributed by atoms with E-state index in [1.54, 1.807) is 0 Å². The molecule has 0 aromatic heterocycles. The lowest BCUT2D eigenvalue weighted by Gasteiger charge is -2.34. The second kappa shape index (κ2) is 7.83. The van der Waals surface area contributed by atoms with Crippen molar-refractivity contribution in [3.05, 3.63) is 132 Å². The van der Waals surface area contributed by atoms with Crippen molar-refractivity contribution in [3.8, 4) is 33.8 Å². The Morgan fingerprint density at radius 3 is 1.86 bits per heavy atom. The highest BCUT2D eigenvalue weighted by atomic mass is 16.5. The van der Waals surface area contributed by atoms with Crippen LogP contribution in [-0.2, 0) is 5.41 Å². The molecule has 6 aromatic carbocycles. The summed E-state index contributed by atoms with van der Waals surface area (Å²) in [6.07, 6.45) is 0. The van der Waals surface area contributed by atoms with Crippen LogP contribution in [0.25, 0.3) is 43.8 Å². The molecular formula is C35H26O. The van der Waals surface area contributed by atoms with E-state index in [9.17, 15) is 0 Å². The Morgan fingerprint density at radius 1 is 0.444 bits per heavy atom. The topological polar surface area (TPSA) is 9.23 Å². The quantitative estimate of drug-likeness (QED) is 0.233. The fraction of sp³-hybridized carbons (Fsp3) is 0.0857. The average molecular weight is 463 g/mol. The van der Waals surface area contributed by atoms with E-state index >= 15 is 0 Å². The van der Waals surface area contributed by atoms with Crippen molar-refractivity contribution in [2.45, 2.75) is 19.3 Å². The van der Waals surface area contributed by atoms with E-state index in [4.69, 9.17) is 4.74 Å². The van der Waals surface area contributed by atoms with Gasteiger partial charge in [-0.15, -0.1) is 0 Å². The van der Waals surface area contributed by atoms with Crippen LogP contribution in [0.3, 0.4) is 0 Å². The third-order valence-electron chi connectivity index (χ3n) is 7.73. The molecule has 0 amide bonds. The Bertz CT molecular complexity index is 1770. The molecule has 0 bridgehead atoms. The maximum atomic E-state index is 6.34. The molecule has 0 unspecified atom stereocenters. The van der Waals surface area contributed by atoms with Crippen LogP contribution in [0.2, 0.25) is 0 Å². The summed E-state index contributed by atoms with van der Waals surface area (Å²) in [5.74, 6) is 1.90. The van der Waals surface area contributed by atoms with Crippen LogP contribution in [0.4, 0.5) is 0 Å². The summed E-state index contributed by atoms with van der Waals surface area (Å²) in [5.41, 5.74) is 7.18. The van der Waals surface area contributed by atoms with E-state index in [0.29, 0.717) is 0 Å². The molecular weight excluding hydrogens is 436 g/mol. The molecule has 1 heterocycles. The number of rotatable bonds is 2. The molecule has 0 atom stereocenters. The number of hydrogen-bond donors (Lipinski definition) is 0. The molecule has 1 aliphatic heterocycles. The van der Waals surface area contributed by atoms with E-state index in [-0.39, 0.29) is 5.41 Å². The first-order valence-electron chi connectivity index (χ1n) is 12.5. The second-order valence-corrected chi connectivity index (χ2v) is 10.2. The lowest BCUT2D eigenvalue weighted by Crippen LogP contribution is -2.24. The van der Waals surface area contributed by atoms with E-state index < -0.39 is 0 Å². The summed E-state index contributed by atoms with van der Waals surface area (Å²) in [6, 6.07) is 43.6. The summed E-state index contributed by atoms with van der Waals surface area (Å²) >= 11 is 0. The van der Waals surface area contributed by atoms with E-state index in [0.717, 1.165) is 11.5 Å². The second-order valence-electron chi connectivity index (χ2n) is 10.2. The van der Waals surface area contributed by atoms with Crippen LogP contribution in [0.1, 0.15) is 25.0 Å². The third kappa shape index (κ3) is 3.24. The van der Waals surface area contributed by atoms with Crippen molar-refractivity contribution in [3.63, 3.8) is 0 Å². The summed E-state index contributed by atoms with van der Waals surface area (Å²) < 4.78 is 6.34. The van der Waals surface area contributed by atoms with Gasteiger partial charge in [-0.25, -0.2) is 0 Å². The first-order chi connectivity index (χ1) is 17.6. The normalized spacial score (nSPS) is 13.7. The van der Waals surface area contributed by atoms with Crippen molar-refractivity contribution in [2.75, 3.05) is 0 Å². The number of benzene rings is 6. The molecule has 0 aliphatic carbocycles. The molecule has 0 saturated heterocycles. The van der Waals surface area contributed by atoms with Crippen molar-refractivity contribution in [1.29, 1.82) is 0 Å². The molecule has 0 saturated carbocycles. The SMILES string of the molecule is CC1(C)c2ccccc2Oc2cc(-c3ccc(-c4ccc5c(ccc6ccccc65)c4)cc3)ccc21. The van der Waals surface area contributed by atoms with Crippen molar-refractivity contribution < 1.29 is 4.74 Å². The molecule has 7 rings (SSSR count). The highest BCUT2D eigenvalue weighted by Gasteiger charge is 2.33. The fourth-order valence-electron chi connectivity index (χ4n) is 5.69. The van der Waals surface area contributed by atoms with Gasteiger partial charge in [0.1, 0.15) is 11.5 Å². The minimum atomic E-state index is -0.0893. The Hall–Kier alpha value is -4.36. The lowest BCUT2D eigenvalue weighted by atomic mass is 9.75. The Morgan fingerprint density at radius 2 is 1.03 bits per heavy atom. The van der Waals surface area contributed by atoms with Crippen LogP contribution >= 0.6 is 0 Å². The highest BCUT2D eigenvalue weighted by Crippen LogP contribution is 2.48. The predicted octanol–water partition coefficient (Wildman–Crippen LogP) is 9.76. The summed E-state index contributed by atoms with van der Waals surface area (Å²) in [7, 11) is 0. The van der Waals surface area contributed by atoms with Gasteiger partial charge < -0.3 is 4.74 Å². The largest absolute Gasteiger partial charge is 0.457 e. The molecule has 1 nitrogen and oxygen atoms in total. The van der Waals surface area contributed by atoms with E-state index in [1.807, 2.05) is 6.07 Å². The van der Waals surface area contributed by atoms with Crippen molar-refractivity contribution in [2.24, 2.45) is 0 Å². The van der Waals surface area contributed by atoms with Gasteiger partial charge in [0.15, 0.2) is 0 Å². The third-order valence-corrected chi connectivity index (χ3v) is 7.73. The summed E-state index contributed by atoms with van der Waals surface area (Å²) in [4.78, 5) is 0. The van der Waals surface area contributed by atoms with Crippen LogP contribution < -0.4 is 4.74 Å². The van der Waals surface area contributed by atoms with Gasteiger partial charge in [0, 0.05) is 16.5 Å². The molecule has 1 heteroatoms. The Balaban J connectivity index is 1.23. The van der Waals surface area contributed by atoms with Crippen LogP contribution in [0, 0.1) is 0 Å². The van der Waals surface area contributed by atoms with Gasteiger partial charge in [-0.2, -0.15) is 0 Å². The number of ether oxygens (including phenoxy) is 1. The summed E-state index contributed by atoms with van der Waals surface area (Å²) in [6.45, 7) is 4.54. The van der Waals surface area contributed by atoms with Gasteiger partial charge >= 0.3 is 0 Å². The van der Waals surface area contributed by atoms with Gasteiger partial charge in [-0.3, -0.25) is 0 Å². The Kier molecular flexibility index (Phi) is 4.56. The molecule has 1 aliphatic rings. The maximum Gasteiger partial charge on any atom is 0.132 e. The monoisotopic (exact) mass is 462 g/mol. The molecule has 0 spiro atoms. The molecule has 0 fully saturated rings. The van der Waals surface area contributed by atoms with E-state index in [2.05, 4.69) is 129 Å². The average Bonchev–Trinajstić information content (AvgIpc) is 2.92. The highest BCUT2D eigenvalue weighted by molar-refractivity contribution is 6.08. The van der Waals surface area contributed by atoms with Gasteiger partial charge in [0.2, 0.25) is 0 Å². The summed E-state index contributed by atoms with van der Waals surface area (Å²) in [5, 5.41) is 5.15. The smallest absolute Gasteiger partial charge is 0.132 e. The maximum absolute atomic E-state index is 6.34. The zero-order chi connectivity index (χ0) is 24.3. The molecule has 0 N–H and O–H groups in total. The van der Waals surface area contributed by atoms with Crippen molar-refractivity contribution in [1.82, 2.24) is 0 Å². The minimum Gasteiger partial charge on any atom is -0.457 e. The Labute approximate surface area is 211 Å². The van der Waals surface area contributed by atoms with Gasteiger partial charge in [0.25, 0.3) is 0 Å². The van der Waals surface area contributed by atoms with Gasteiger partial charge in [-0.1, -0.05) is 117 Å². The number of fused-ring (bicyclic) bond motifs is 5.